The third-order valence-corrected chi connectivity index (χ3v) is 5.16. The van der Waals surface area contributed by atoms with E-state index in [2.05, 4.69) is 10.00 Å². The first-order chi connectivity index (χ1) is 12.5. The maximum Gasteiger partial charge on any atom is 0.129 e. The lowest BCUT2D eigenvalue weighted by Crippen LogP contribution is -2.47. The van der Waals surface area contributed by atoms with Crippen LogP contribution in [-0.4, -0.2) is 45.1 Å². The average molecular weight is 364 g/mol. The fraction of sp³-hybridized carbons (Fsp3) is 0.500. The number of nitrogens with zero attached hydrogens (tertiary/aromatic N) is 3. The molecule has 0 spiro atoms. The molecule has 8 heteroatoms. The van der Waals surface area contributed by atoms with Gasteiger partial charge < -0.3 is 15.6 Å². The molecule has 2 aliphatic heterocycles. The van der Waals surface area contributed by atoms with Gasteiger partial charge in [0.15, 0.2) is 0 Å². The summed E-state index contributed by atoms with van der Waals surface area (Å²) < 4.78 is 35.1. The van der Waals surface area contributed by atoms with Crippen LogP contribution in [-0.2, 0) is 24.4 Å². The lowest BCUT2D eigenvalue weighted by Gasteiger charge is -2.38. The van der Waals surface area contributed by atoms with Crippen LogP contribution in [0.3, 0.4) is 0 Å². The van der Waals surface area contributed by atoms with Gasteiger partial charge in [0.2, 0.25) is 0 Å². The number of hydrogen-bond donors (Lipinski definition) is 2. The van der Waals surface area contributed by atoms with Crippen molar-refractivity contribution in [1.29, 1.82) is 0 Å². The Morgan fingerprint density at radius 3 is 2.88 bits per heavy atom. The minimum Gasteiger partial charge on any atom is -0.394 e. The van der Waals surface area contributed by atoms with Crippen LogP contribution < -0.4 is 5.73 Å². The zero-order chi connectivity index (χ0) is 18.3. The van der Waals surface area contributed by atoms with Crippen LogP contribution in [0.5, 0.6) is 0 Å². The second-order valence-corrected chi connectivity index (χ2v) is 6.97. The molecular formula is C18H22F2N4O2. The molecule has 0 radical (unpaired) electrons. The van der Waals surface area contributed by atoms with Gasteiger partial charge in [0.05, 0.1) is 25.5 Å². The quantitative estimate of drug-likeness (QED) is 0.856. The largest absolute Gasteiger partial charge is 0.394 e. The van der Waals surface area contributed by atoms with E-state index in [1.54, 1.807) is 4.68 Å². The van der Waals surface area contributed by atoms with E-state index in [-0.39, 0.29) is 18.2 Å². The van der Waals surface area contributed by atoms with E-state index in [1.807, 2.05) is 6.20 Å². The highest BCUT2D eigenvalue weighted by Gasteiger charge is 2.37. The summed E-state index contributed by atoms with van der Waals surface area (Å²) in [5.41, 5.74) is 8.57. The zero-order valence-corrected chi connectivity index (χ0v) is 14.3. The molecule has 140 valence electrons. The first-order valence-corrected chi connectivity index (χ1v) is 8.77. The van der Waals surface area contributed by atoms with E-state index in [0.717, 1.165) is 36.0 Å². The molecule has 26 heavy (non-hydrogen) atoms. The van der Waals surface area contributed by atoms with E-state index in [4.69, 9.17) is 15.6 Å². The summed E-state index contributed by atoms with van der Waals surface area (Å²) >= 11 is 0. The van der Waals surface area contributed by atoms with Crippen molar-refractivity contribution in [3.63, 3.8) is 0 Å². The topological polar surface area (TPSA) is 76.5 Å². The molecule has 3 N–H and O–H groups in total. The van der Waals surface area contributed by atoms with Gasteiger partial charge in [0, 0.05) is 42.5 Å². The Morgan fingerprint density at radius 2 is 2.15 bits per heavy atom. The Kier molecular flexibility index (Phi) is 4.74. The number of rotatable bonds is 4. The van der Waals surface area contributed by atoms with Crippen LogP contribution in [0, 0.1) is 11.6 Å². The van der Waals surface area contributed by atoms with Gasteiger partial charge in [-0.1, -0.05) is 0 Å². The Balaban J connectivity index is 1.41. The molecule has 0 aliphatic carbocycles. The Hall–Kier alpha value is -1.87. The molecule has 1 saturated heterocycles. The SMILES string of the molecule is N[C@H]1C[C@@H](N2Cc3cn(CCO)nc3C2)COC1c1cc(F)ccc1F. The third-order valence-electron chi connectivity index (χ3n) is 5.16. The molecular weight excluding hydrogens is 342 g/mol. The van der Waals surface area contributed by atoms with E-state index in [9.17, 15) is 8.78 Å². The van der Waals surface area contributed by atoms with E-state index in [0.29, 0.717) is 26.1 Å². The van der Waals surface area contributed by atoms with E-state index >= 15 is 0 Å². The number of hydrogen-bond acceptors (Lipinski definition) is 5. The van der Waals surface area contributed by atoms with Gasteiger partial charge in [0.1, 0.15) is 17.7 Å². The maximum absolute atomic E-state index is 14.0. The molecule has 1 fully saturated rings. The summed E-state index contributed by atoms with van der Waals surface area (Å²) in [6.07, 6.45) is 1.96. The number of benzene rings is 1. The van der Waals surface area contributed by atoms with Crippen LogP contribution in [0.25, 0.3) is 0 Å². The molecule has 1 aromatic carbocycles. The number of aromatic nitrogens is 2. The highest BCUT2D eigenvalue weighted by Crippen LogP contribution is 2.33. The minimum atomic E-state index is -0.638. The predicted molar refractivity (Wildman–Crippen MR) is 90.0 cm³/mol. The summed E-state index contributed by atoms with van der Waals surface area (Å²) in [6.45, 7) is 2.42. The van der Waals surface area contributed by atoms with Crippen LogP contribution in [0.4, 0.5) is 8.78 Å². The molecule has 2 aromatic rings. The Bertz CT molecular complexity index is 774. The number of ether oxygens (including phenoxy) is 1. The monoisotopic (exact) mass is 364 g/mol. The molecule has 3 atom stereocenters. The van der Waals surface area contributed by atoms with Crippen molar-refractivity contribution in [3.05, 3.63) is 52.9 Å². The molecule has 2 aliphatic rings. The molecule has 0 amide bonds. The molecule has 1 unspecified atom stereocenters. The second kappa shape index (κ2) is 7.03. The second-order valence-electron chi connectivity index (χ2n) is 6.97. The summed E-state index contributed by atoms with van der Waals surface area (Å²) in [4.78, 5) is 2.25. The van der Waals surface area contributed by atoms with E-state index in [1.165, 1.54) is 0 Å². The molecule has 3 heterocycles. The predicted octanol–water partition coefficient (Wildman–Crippen LogP) is 1.33. The van der Waals surface area contributed by atoms with Crippen molar-refractivity contribution in [2.24, 2.45) is 5.73 Å². The molecule has 4 rings (SSSR count). The number of halogens is 2. The van der Waals surface area contributed by atoms with Gasteiger partial charge in [-0.3, -0.25) is 9.58 Å². The van der Waals surface area contributed by atoms with Crippen molar-refractivity contribution < 1.29 is 18.6 Å². The van der Waals surface area contributed by atoms with Crippen molar-refractivity contribution in [3.8, 4) is 0 Å². The van der Waals surface area contributed by atoms with Crippen molar-refractivity contribution in [2.45, 2.75) is 44.2 Å². The summed E-state index contributed by atoms with van der Waals surface area (Å²) in [5.74, 6) is -0.992. The normalized spacial score (nSPS) is 26.2. The standard InChI is InChI=1S/C18H22F2N4O2/c19-12-1-2-15(20)14(5-12)18-16(21)6-13(10-26-18)23-7-11-8-24(3-4-25)22-17(11)9-23/h1-2,5,8,13,16,18,25H,3-4,6-7,9-10,21H2/t13-,16+,18?/m1/s1. The number of aliphatic hydroxyl groups is 1. The first kappa shape index (κ1) is 17.5. The Labute approximate surface area is 150 Å². The van der Waals surface area contributed by atoms with Gasteiger partial charge in [0.25, 0.3) is 0 Å². The first-order valence-electron chi connectivity index (χ1n) is 8.77. The van der Waals surface area contributed by atoms with E-state index < -0.39 is 23.8 Å². The minimum absolute atomic E-state index is 0.0631. The number of fused-ring (bicyclic) bond motifs is 1. The van der Waals surface area contributed by atoms with Crippen molar-refractivity contribution >= 4 is 0 Å². The van der Waals surface area contributed by atoms with Gasteiger partial charge in [-0.05, 0) is 24.6 Å². The lowest BCUT2D eigenvalue weighted by molar-refractivity contribution is -0.0533. The molecule has 0 saturated carbocycles. The van der Waals surface area contributed by atoms with Gasteiger partial charge in [-0.25, -0.2) is 8.78 Å². The average Bonchev–Trinajstić information content (AvgIpc) is 3.16. The van der Waals surface area contributed by atoms with Crippen LogP contribution >= 0.6 is 0 Å². The van der Waals surface area contributed by atoms with Crippen molar-refractivity contribution in [1.82, 2.24) is 14.7 Å². The smallest absolute Gasteiger partial charge is 0.129 e. The fourth-order valence-corrected chi connectivity index (χ4v) is 3.86. The summed E-state index contributed by atoms with van der Waals surface area (Å²) in [5, 5.41) is 13.5. The maximum atomic E-state index is 14.0. The molecule has 1 aromatic heterocycles. The summed E-state index contributed by atoms with van der Waals surface area (Å²) in [7, 11) is 0. The van der Waals surface area contributed by atoms with Gasteiger partial charge in [-0.15, -0.1) is 0 Å². The molecule has 6 nitrogen and oxygen atoms in total. The summed E-state index contributed by atoms with van der Waals surface area (Å²) in [6, 6.07) is 3.06. The highest BCUT2D eigenvalue weighted by molar-refractivity contribution is 5.24. The van der Waals surface area contributed by atoms with Crippen LogP contribution in [0.2, 0.25) is 0 Å². The number of nitrogens with two attached hydrogens (primary N) is 1. The van der Waals surface area contributed by atoms with Gasteiger partial charge >= 0.3 is 0 Å². The molecule has 0 bridgehead atoms. The fourth-order valence-electron chi connectivity index (χ4n) is 3.86. The van der Waals surface area contributed by atoms with Gasteiger partial charge in [-0.2, -0.15) is 5.10 Å². The zero-order valence-electron chi connectivity index (χ0n) is 14.3. The lowest BCUT2D eigenvalue weighted by atomic mass is 9.93. The number of aliphatic hydroxyl groups excluding tert-OH is 1. The van der Waals surface area contributed by atoms with Crippen LogP contribution in [0.1, 0.15) is 29.3 Å². The van der Waals surface area contributed by atoms with Crippen LogP contribution in [0.15, 0.2) is 24.4 Å². The highest BCUT2D eigenvalue weighted by atomic mass is 19.1. The Morgan fingerprint density at radius 1 is 1.31 bits per heavy atom. The van der Waals surface area contributed by atoms with Crippen molar-refractivity contribution in [2.75, 3.05) is 13.2 Å². The third kappa shape index (κ3) is 3.25.